The van der Waals surface area contributed by atoms with Gasteiger partial charge in [-0.2, -0.15) is 0 Å². The number of hydrogen-bond donors (Lipinski definition) is 1. The van der Waals surface area contributed by atoms with Gasteiger partial charge in [0.1, 0.15) is 5.82 Å². The van der Waals surface area contributed by atoms with Gasteiger partial charge >= 0.3 is 0 Å². The first-order chi connectivity index (χ1) is 8.84. The minimum Gasteiger partial charge on any atom is -0.385 e. The molecule has 0 spiro atoms. The fraction of sp³-hybridized carbons (Fsp3) is 0.625. The third-order valence-electron chi connectivity index (χ3n) is 3.94. The summed E-state index contributed by atoms with van der Waals surface area (Å²) in [7, 11) is 0. The summed E-state index contributed by atoms with van der Waals surface area (Å²) in [6.45, 7) is 0.998. The zero-order valence-corrected chi connectivity index (χ0v) is 11.1. The van der Waals surface area contributed by atoms with Crippen LogP contribution in [0.25, 0.3) is 0 Å². The Morgan fingerprint density at radius 2 is 1.72 bits per heavy atom. The third-order valence-corrected chi connectivity index (χ3v) is 3.94. The second-order valence-electron chi connectivity index (χ2n) is 5.43. The highest BCUT2D eigenvalue weighted by atomic mass is 19.1. The van der Waals surface area contributed by atoms with Crippen molar-refractivity contribution in [3.63, 3.8) is 0 Å². The van der Waals surface area contributed by atoms with Crippen LogP contribution >= 0.6 is 0 Å². The van der Waals surface area contributed by atoms with Crippen molar-refractivity contribution >= 4 is 5.69 Å². The van der Waals surface area contributed by atoms with Crippen molar-refractivity contribution in [3.8, 4) is 0 Å². The van der Waals surface area contributed by atoms with Crippen LogP contribution in [0, 0.1) is 11.7 Å². The highest BCUT2D eigenvalue weighted by Crippen LogP contribution is 2.27. The third kappa shape index (κ3) is 4.67. The highest BCUT2D eigenvalue weighted by Gasteiger charge is 2.12. The monoisotopic (exact) mass is 249 g/mol. The molecule has 0 radical (unpaired) electrons. The van der Waals surface area contributed by atoms with Gasteiger partial charge in [0.25, 0.3) is 0 Å². The number of anilines is 1. The van der Waals surface area contributed by atoms with Gasteiger partial charge in [-0.25, -0.2) is 4.39 Å². The molecule has 1 N–H and O–H groups in total. The van der Waals surface area contributed by atoms with Gasteiger partial charge in [0.15, 0.2) is 0 Å². The van der Waals surface area contributed by atoms with Crippen molar-refractivity contribution in [1.82, 2.24) is 0 Å². The first-order valence-electron chi connectivity index (χ1n) is 7.34. The van der Waals surface area contributed by atoms with Crippen LogP contribution < -0.4 is 5.32 Å². The van der Waals surface area contributed by atoms with Gasteiger partial charge in [-0.15, -0.1) is 0 Å². The van der Waals surface area contributed by atoms with E-state index in [0.29, 0.717) is 0 Å². The number of unbranched alkanes of at least 4 members (excludes halogenated alkanes) is 1. The van der Waals surface area contributed by atoms with Gasteiger partial charge in [0.05, 0.1) is 0 Å². The van der Waals surface area contributed by atoms with Gasteiger partial charge in [-0.1, -0.05) is 44.9 Å². The Balaban J connectivity index is 1.54. The molecule has 1 aliphatic rings. The quantitative estimate of drug-likeness (QED) is 0.700. The van der Waals surface area contributed by atoms with Gasteiger partial charge in [-0.05, 0) is 36.6 Å². The Labute approximate surface area is 110 Å². The molecule has 0 heterocycles. The van der Waals surface area contributed by atoms with Crippen molar-refractivity contribution in [2.45, 2.75) is 51.4 Å². The molecule has 1 saturated carbocycles. The van der Waals surface area contributed by atoms with Crippen LogP contribution in [-0.4, -0.2) is 6.54 Å². The number of benzene rings is 1. The smallest absolute Gasteiger partial charge is 0.123 e. The van der Waals surface area contributed by atoms with Crippen LogP contribution in [-0.2, 0) is 0 Å². The van der Waals surface area contributed by atoms with Crippen LogP contribution in [0.4, 0.5) is 10.1 Å². The topological polar surface area (TPSA) is 12.0 Å². The zero-order valence-electron chi connectivity index (χ0n) is 11.1. The van der Waals surface area contributed by atoms with Gasteiger partial charge in [-0.3, -0.25) is 0 Å². The Bertz CT molecular complexity index is 327. The Morgan fingerprint density at radius 3 is 2.44 bits per heavy atom. The van der Waals surface area contributed by atoms with Crippen molar-refractivity contribution in [2.75, 3.05) is 11.9 Å². The Hall–Kier alpha value is -1.05. The lowest BCUT2D eigenvalue weighted by atomic mass is 9.86. The molecule has 0 amide bonds. The molecular formula is C16H24FN. The average Bonchev–Trinajstić information content (AvgIpc) is 2.42. The summed E-state index contributed by atoms with van der Waals surface area (Å²) >= 11 is 0. The standard InChI is InChI=1S/C16H24FN/c17-15-9-11-16(12-10-15)18-13-5-4-8-14-6-2-1-3-7-14/h9-12,14,18H,1-8,13H2. The SMILES string of the molecule is Fc1ccc(NCCCCC2CCCCC2)cc1. The molecular weight excluding hydrogens is 225 g/mol. The molecule has 0 atom stereocenters. The van der Waals surface area contributed by atoms with Gasteiger partial charge < -0.3 is 5.32 Å². The van der Waals surface area contributed by atoms with E-state index in [1.807, 2.05) is 0 Å². The van der Waals surface area contributed by atoms with E-state index in [0.717, 1.165) is 18.2 Å². The molecule has 1 fully saturated rings. The minimum atomic E-state index is -0.169. The summed E-state index contributed by atoms with van der Waals surface area (Å²) in [5.41, 5.74) is 1.02. The van der Waals surface area contributed by atoms with Crippen LogP contribution in [0.15, 0.2) is 24.3 Å². The number of hydrogen-bond acceptors (Lipinski definition) is 1. The number of rotatable bonds is 6. The molecule has 2 rings (SSSR count). The van der Waals surface area contributed by atoms with Crippen molar-refractivity contribution < 1.29 is 4.39 Å². The maximum atomic E-state index is 12.7. The molecule has 0 unspecified atom stereocenters. The molecule has 2 heteroatoms. The first kappa shape index (κ1) is 13.4. The van der Waals surface area contributed by atoms with Crippen molar-refractivity contribution in [3.05, 3.63) is 30.1 Å². The summed E-state index contributed by atoms with van der Waals surface area (Å²) in [6, 6.07) is 6.61. The number of halogens is 1. The summed E-state index contributed by atoms with van der Waals surface area (Å²) in [5, 5.41) is 3.34. The fourth-order valence-corrected chi connectivity index (χ4v) is 2.83. The van der Waals surface area contributed by atoms with E-state index in [2.05, 4.69) is 5.32 Å². The van der Waals surface area contributed by atoms with E-state index in [-0.39, 0.29) is 5.82 Å². The van der Waals surface area contributed by atoms with Crippen LogP contribution in [0.2, 0.25) is 0 Å². The van der Waals surface area contributed by atoms with Crippen molar-refractivity contribution in [2.24, 2.45) is 5.92 Å². The Kier molecular flexibility index (Phi) is 5.50. The van der Waals surface area contributed by atoms with E-state index < -0.39 is 0 Å². The molecule has 1 aromatic rings. The highest BCUT2D eigenvalue weighted by molar-refractivity contribution is 5.42. The second-order valence-corrected chi connectivity index (χ2v) is 5.43. The maximum Gasteiger partial charge on any atom is 0.123 e. The van der Waals surface area contributed by atoms with E-state index >= 15 is 0 Å². The van der Waals surface area contributed by atoms with Crippen molar-refractivity contribution in [1.29, 1.82) is 0 Å². The zero-order chi connectivity index (χ0) is 12.6. The summed E-state index contributed by atoms with van der Waals surface area (Å²) in [4.78, 5) is 0. The molecule has 0 bridgehead atoms. The summed E-state index contributed by atoms with van der Waals surface area (Å²) in [5.74, 6) is 0.822. The first-order valence-corrected chi connectivity index (χ1v) is 7.34. The van der Waals surface area contributed by atoms with E-state index in [1.54, 1.807) is 12.1 Å². The van der Waals surface area contributed by atoms with Crippen LogP contribution in [0.5, 0.6) is 0 Å². The molecule has 0 saturated heterocycles. The van der Waals surface area contributed by atoms with E-state index in [1.165, 1.54) is 63.5 Å². The van der Waals surface area contributed by atoms with E-state index in [9.17, 15) is 4.39 Å². The lowest BCUT2D eigenvalue weighted by Crippen LogP contribution is -2.07. The normalized spacial score (nSPS) is 16.7. The Morgan fingerprint density at radius 1 is 1.00 bits per heavy atom. The molecule has 18 heavy (non-hydrogen) atoms. The molecule has 1 aliphatic carbocycles. The predicted molar refractivity (Wildman–Crippen MR) is 75.3 cm³/mol. The number of nitrogens with one attached hydrogen (secondary N) is 1. The van der Waals surface area contributed by atoms with E-state index in [4.69, 9.17) is 0 Å². The lowest BCUT2D eigenvalue weighted by Gasteiger charge is -2.21. The van der Waals surface area contributed by atoms with Gasteiger partial charge in [0, 0.05) is 12.2 Å². The molecule has 1 aromatic carbocycles. The summed E-state index contributed by atoms with van der Waals surface area (Å²) in [6.07, 6.45) is 11.2. The molecule has 0 aromatic heterocycles. The van der Waals surface area contributed by atoms with Crippen LogP contribution in [0.3, 0.4) is 0 Å². The lowest BCUT2D eigenvalue weighted by molar-refractivity contribution is 0.331. The molecule has 1 nitrogen and oxygen atoms in total. The van der Waals surface area contributed by atoms with Gasteiger partial charge in [0.2, 0.25) is 0 Å². The fourth-order valence-electron chi connectivity index (χ4n) is 2.83. The maximum absolute atomic E-state index is 12.7. The second kappa shape index (κ2) is 7.40. The predicted octanol–water partition coefficient (Wildman–Crippen LogP) is 4.99. The summed E-state index contributed by atoms with van der Waals surface area (Å²) < 4.78 is 12.7. The average molecular weight is 249 g/mol. The van der Waals surface area contributed by atoms with Crippen LogP contribution in [0.1, 0.15) is 51.4 Å². The largest absolute Gasteiger partial charge is 0.385 e. The minimum absolute atomic E-state index is 0.169. The molecule has 0 aliphatic heterocycles. The molecule has 100 valence electrons.